The summed E-state index contributed by atoms with van der Waals surface area (Å²) in [5, 5.41) is 3.36. The fourth-order valence-electron chi connectivity index (χ4n) is 0.999. The highest BCUT2D eigenvalue weighted by molar-refractivity contribution is 14.1. The zero-order valence-corrected chi connectivity index (χ0v) is 11.9. The van der Waals surface area contributed by atoms with Crippen molar-refractivity contribution in [3.05, 3.63) is 16.1 Å². The van der Waals surface area contributed by atoms with Gasteiger partial charge in [-0.05, 0) is 33.9 Å². The average Bonchev–Trinajstić information content (AvgIpc) is 2.14. The molecular formula is C11H18IN3. The third-order valence-corrected chi connectivity index (χ3v) is 3.51. The molecule has 1 N–H and O–H groups in total. The molecule has 0 fully saturated rings. The van der Waals surface area contributed by atoms with Gasteiger partial charge >= 0.3 is 0 Å². The molecule has 1 aromatic heterocycles. The molecule has 1 atom stereocenters. The molecule has 0 aliphatic carbocycles. The van der Waals surface area contributed by atoms with E-state index in [1.54, 1.807) is 6.33 Å². The zero-order valence-electron chi connectivity index (χ0n) is 9.71. The fourth-order valence-corrected chi connectivity index (χ4v) is 1.49. The van der Waals surface area contributed by atoms with E-state index in [4.69, 9.17) is 0 Å². The second-order valence-corrected chi connectivity index (χ2v) is 6.03. The first kappa shape index (κ1) is 12.7. The third-order valence-electron chi connectivity index (χ3n) is 2.72. The van der Waals surface area contributed by atoms with Gasteiger partial charge in [-0.25, -0.2) is 9.97 Å². The minimum atomic E-state index is 0.325. The van der Waals surface area contributed by atoms with Crippen LogP contribution in [0.4, 0.5) is 5.82 Å². The summed E-state index contributed by atoms with van der Waals surface area (Å²) in [6.45, 7) is 9.95. The first-order valence-corrected chi connectivity index (χ1v) is 6.18. The lowest BCUT2D eigenvalue weighted by atomic mass is 9.82. The first-order chi connectivity index (χ1) is 6.91. The van der Waals surface area contributed by atoms with Crippen molar-refractivity contribution in [3.63, 3.8) is 0 Å². The van der Waals surface area contributed by atoms with Crippen molar-refractivity contribution in [1.29, 1.82) is 0 Å². The maximum absolute atomic E-state index is 4.20. The van der Waals surface area contributed by atoms with E-state index >= 15 is 0 Å². The van der Waals surface area contributed by atoms with Crippen LogP contribution in [0, 0.1) is 14.9 Å². The van der Waals surface area contributed by atoms with Crippen LogP contribution in [-0.2, 0) is 0 Å². The summed E-state index contributed by atoms with van der Waals surface area (Å²) in [5.74, 6) is 1.53. The number of halogens is 1. The van der Waals surface area contributed by atoms with Gasteiger partial charge < -0.3 is 5.32 Å². The molecule has 0 saturated carbocycles. The standard InChI is InChI=1S/C11H18IN3/c1-8(11(2,3)4)5-14-10-9(12)6-13-7-15-10/h6-8H,5H2,1-4H3,(H,13,14,15). The number of anilines is 1. The van der Waals surface area contributed by atoms with Crippen LogP contribution in [0.5, 0.6) is 0 Å². The number of aromatic nitrogens is 2. The lowest BCUT2D eigenvalue weighted by molar-refractivity contribution is 0.274. The Morgan fingerprint density at radius 1 is 1.47 bits per heavy atom. The van der Waals surface area contributed by atoms with Crippen molar-refractivity contribution < 1.29 is 0 Å². The Balaban J connectivity index is 2.55. The van der Waals surface area contributed by atoms with Gasteiger partial charge in [-0.2, -0.15) is 0 Å². The Morgan fingerprint density at radius 3 is 2.67 bits per heavy atom. The van der Waals surface area contributed by atoms with Gasteiger partial charge in [0.15, 0.2) is 0 Å². The van der Waals surface area contributed by atoms with E-state index in [9.17, 15) is 0 Å². The van der Waals surface area contributed by atoms with Crippen molar-refractivity contribution in [1.82, 2.24) is 9.97 Å². The van der Waals surface area contributed by atoms with Crippen LogP contribution >= 0.6 is 22.6 Å². The van der Waals surface area contributed by atoms with Gasteiger partial charge in [0.25, 0.3) is 0 Å². The molecule has 0 amide bonds. The van der Waals surface area contributed by atoms with Gasteiger partial charge in [-0.1, -0.05) is 27.7 Å². The molecule has 0 radical (unpaired) electrons. The van der Waals surface area contributed by atoms with Crippen LogP contribution in [-0.4, -0.2) is 16.5 Å². The minimum Gasteiger partial charge on any atom is -0.369 e. The fraction of sp³-hybridized carbons (Fsp3) is 0.636. The van der Waals surface area contributed by atoms with Crippen molar-refractivity contribution in [2.45, 2.75) is 27.7 Å². The highest BCUT2D eigenvalue weighted by atomic mass is 127. The first-order valence-electron chi connectivity index (χ1n) is 5.10. The normalized spacial score (nSPS) is 13.7. The maximum atomic E-state index is 4.20. The van der Waals surface area contributed by atoms with E-state index < -0.39 is 0 Å². The summed E-state index contributed by atoms with van der Waals surface area (Å²) in [6, 6.07) is 0. The molecule has 0 aliphatic rings. The van der Waals surface area contributed by atoms with E-state index in [1.807, 2.05) is 6.20 Å². The number of hydrogen-bond donors (Lipinski definition) is 1. The summed E-state index contributed by atoms with van der Waals surface area (Å²) in [6.07, 6.45) is 3.39. The van der Waals surface area contributed by atoms with Gasteiger partial charge in [-0.3, -0.25) is 0 Å². The molecule has 84 valence electrons. The maximum Gasteiger partial charge on any atom is 0.142 e. The van der Waals surface area contributed by atoms with E-state index in [0.717, 1.165) is 15.9 Å². The topological polar surface area (TPSA) is 37.8 Å². The third kappa shape index (κ3) is 3.93. The monoisotopic (exact) mass is 319 g/mol. The zero-order chi connectivity index (χ0) is 11.5. The second-order valence-electron chi connectivity index (χ2n) is 4.87. The summed E-state index contributed by atoms with van der Waals surface area (Å²) >= 11 is 2.24. The van der Waals surface area contributed by atoms with Crippen LogP contribution in [0.25, 0.3) is 0 Å². The minimum absolute atomic E-state index is 0.325. The Hall–Kier alpha value is -0.390. The van der Waals surface area contributed by atoms with Gasteiger partial charge in [0, 0.05) is 12.7 Å². The molecule has 0 spiro atoms. The molecule has 1 aromatic rings. The van der Waals surface area contributed by atoms with Gasteiger partial charge in [0.2, 0.25) is 0 Å². The Bertz CT molecular complexity index is 320. The molecule has 0 bridgehead atoms. The number of hydrogen-bond acceptors (Lipinski definition) is 3. The largest absolute Gasteiger partial charge is 0.369 e. The molecule has 1 heterocycles. The second kappa shape index (κ2) is 5.09. The molecule has 1 rings (SSSR count). The highest BCUT2D eigenvalue weighted by Crippen LogP contribution is 2.25. The summed E-state index contributed by atoms with van der Waals surface area (Å²) in [7, 11) is 0. The Morgan fingerprint density at radius 2 is 2.13 bits per heavy atom. The summed E-state index contributed by atoms with van der Waals surface area (Å²) < 4.78 is 1.07. The van der Waals surface area contributed by atoms with Crippen LogP contribution in [0.2, 0.25) is 0 Å². The average molecular weight is 319 g/mol. The highest BCUT2D eigenvalue weighted by Gasteiger charge is 2.19. The molecular weight excluding hydrogens is 301 g/mol. The molecule has 0 aromatic carbocycles. The summed E-state index contributed by atoms with van der Waals surface area (Å²) in [4.78, 5) is 8.16. The quantitative estimate of drug-likeness (QED) is 0.870. The lowest BCUT2D eigenvalue weighted by Crippen LogP contribution is -2.25. The predicted molar refractivity (Wildman–Crippen MR) is 71.9 cm³/mol. The summed E-state index contributed by atoms with van der Waals surface area (Å²) in [5.41, 5.74) is 0.325. The van der Waals surface area contributed by atoms with Gasteiger partial charge in [0.1, 0.15) is 12.1 Å². The molecule has 0 saturated heterocycles. The van der Waals surface area contributed by atoms with Crippen LogP contribution in [0.3, 0.4) is 0 Å². The predicted octanol–water partition coefficient (Wildman–Crippen LogP) is 3.18. The van der Waals surface area contributed by atoms with Crippen molar-refractivity contribution in [3.8, 4) is 0 Å². The van der Waals surface area contributed by atoms with Crippen molar-refractivity contribution in [2.75, 3.05) is 11.9 Å². The molecule has 3 nitrogen and oxygen atoms in total. The smallest absolute Gasteiger partial charge is 0.142 e. The molecule has 15 heavy (non-hydrogen) atoms. The van der Waals surface area contributed by atoms with Crippen LogP contribution in [0.1, 0.15) is 27.7 Å². The Labute approximate surface area is 105 Å². The lowest BCUT2D eigenvalue weighted by Gasteiger charge is -2.27. The van der Waals surface area contributed by atoms with E-state index in [1.165, 1.54) is 0 Å². The van der Waals surface area contributed by atoms with Crippen LogP contribution < -0.4 is 5.32 Å². The Kier molecular flexibility index (Phi) is 4.31. The van der Waals surface area contributed by atoms with Crippen molar-refractivity contribution in [2.24, 2.45) is 11.3 Å². The van der Waals surface area contributed by atoms with Gasteiger partial charge in [-0.15, -0.1) is 0 Å². The van der Waals surface area contributed by atoms with Crippen LogP contribution in [0.15, 0.2) is 12.5 Å². The van der Waals surface area contributed by atoms with Gasteiger partial charge in [0.05, 0.1) is 3.57 Å². The van der Waals surface area contributed by atoms with E-state index in [0.29, 0.717) is 11.3 Å². The SMILES string of the molecule is CC(CNc1ncncc1I)C(C)(C)C. The van der Waals surface area contributed by atoms with Crippen molar-refractivity contribution >= 4 is 28.4 Å². The van der Waals surface area contributed by atoms with E-state index in [-0.39, 0.29) is 0 Å². The number of nitrogens with zero attached hydrogens (tertiary/aromatic N) is 2. The molecule has 1 unspecified atom stereocenters. The molecule has 4 heteroatoms. The molecule has 0 aliphatic heterocycles. The van der Waals surface area contributed by atoms with E-state index in [2.05, 4.69) is 65.6 Å². The number of nitrogens with one attached hydrogen (secondary N) is 1. The number of rotatable bonds is 3.